The Labute approximate surface area is 209 Å². The Kier molecular flexibility index (Phi) is 7.90. The van der Waals surface area contributed by atoms with Gasteiger partial charge in [0.15, 0.2) is 0 Å². The number of thiophene rings is 1. The van der Waals surface area contributed by atoms with Crippen molar-refractivity contribution >= 4 is 38.3 Å². The highest BCUT2D eigenvalue weighted by atomic mass is 32.1. The fourth-order valence-electron chi connectivity index (χ4n) is 4.02. The summed E-state index contributed by atoms with van der Waals surface area (Å²) in [7, 11) is 0. The molecule has 6 nitrogen and oxygen atoms in total. The normalized spacial score (nSPS) is 11.9. The molecule has 0 radical (unpaired) electrons. The second-order valence-electron chi connectivity index (χ2n) is 8.52. The molecule has 4 aromatic rings. The second-order valence-corrected chi connectivity index (χ2v) is 9.60. The molecule has 7 heteroatoms. The van der Waals surface area contributed by atoms with Crippen molar-refractivity contribution in [2.24, 2.45) is 5.73 Å². The van der Waals surface area contributed by atoms with Crippen LogP contribution < -0.4 is 11.1 Å². The highest BCUT2D eigenvalue weighted by Gasteiger charge is 2.20. The number of nitrogens with two attached hydrogens (primary N) is 1. The number of anilines is 1. The van der Waals surface area contributed by atoms with E-state index in [9.17, 15) is 9.59 Å². The van der Waals surface area contributed by atoms with Crippen LogP contribution in [0.4, 0.5) is 5.00 Å². The lowest BCUT2D eigenvalue weighted by molar-refractivity contribution is -0.117. The van der Waals surface area contributed by atoms with Crippen molar-refractivity contribution in [1.29, 1.82) is 0 Å². The van der Waals surface area contributed by atoms with E-state index in [1.54, 1.807) is 12.4 Å². The fourth-order valence-corrected chi connectivity index (χ4v) is 4.95. The molecule has 180 valence electrons. The van der Waals surface area contributed by atoms with Crippen LogP contribution in [-0.2, 0) is 22.6 Å². The highest BCUT2D eigenvalue weighted by Crippen LogP contribution is 2.30. The van der Waals surface area contributed by atoms with E-state index in [1.807, 2.05) is 61.5 Å². The monoisotopic (exact) mass is 487 g/mol. The Morgan fingerprint density at radius 2 is 1.86 bits per heavy atom. The number of fused-ring (bicyclic) bond motifs is 1. The molecule has 0 aliphatic heterocycles. The molecular weight excluding hydrogens is 458 g/mol. The van der Waals surface area contributed by atoms with Gasteiger partial charge in [0.25, 0.3) is 0 Å². The molecule has 0 saturated heterocycles. The van der Waals surface area contributed by atoms with Gasteiger partial charge in [-0.2, -0.15) is 0 Å². The van der Waals surface area contributed by atoms with Crippen LogP contribution >= 0.6 is 11.3 Å². The molecular formula is C28H29N3O3S. The maximum absolute atomic E-state index is 12.9. The first kappa shape index (κ1) is 24.6. The quantitative estimate of drug-likeness (QED) is 0.300. The van der Waals surface area contributed by atoms with E-state index >= 15 is 0 Å². The van der Waals surface area contributed by atoms with Gasteiger partial charge in [0, 0.05) is 18.9 Å². The van der Waals surface area contributed by atoms with E-state index in [1.165, 1.54) is 16.9 Å². The molecule has 0 spiro atoms. The third-order valence-corrected chi connectivity index (χ3v) is 6.92. The Hall–Kier alpha value is -3.55. The van der Waals surface area contributed by atoms with Gasteiger partial charge in [0.2, 0.25) is 5.91 Å². The summed E-state index contributed by atoms with van der Waals surface area (Å²) < 4.78 is 6.54. The van der Waals surface area contributed by atoms with Crippen molar-refractivity contribution in [3.63, 3.8) is 0 Å². The number of ether oxygens (including phenoxy) is 1. The van der Waals surface area contributed by atoms with Gasteiger partial charge in [-0.1, -0.05) is 49.7 Å². The van der Waals surface area contributed by atoms with Crippen LogP contribution in [-0.4, -0.2) is 23.4 Å². The van der Waals surface area contributed by atoms with Gasteiger partial charge in [-0.05, 0) is 59.2 Å². The highest BCUT2D eigenvalue weighted by molar-refractivity contribution is 7.22. The van der Waals surface area contributed by atoms with Gasteiger partial charge in [0.1, 0.15) is 6.61 Å². The Balaban J connectivity index is 1.37. The maximum atomic E-state index is 12.9. The van der Waals surface area contributed by atoms with Crippen LogP contribution in [0.2, 0.25) is 0 Å². The molecule has 0 fully saturated rings. The minimum absolute atomic E-state index is 0.157. The number of nitrogens with zero attached hydrogens (tertiary/aromatic N) is 1. The van der Waals surface area contributed by atoms with Crippen molar-refractivity contribution in [1.82, 2.24) is 4.98 Å². The number of aryl methyl sites for hydroxylation is 2. The minimum atomic E-state index is -0.487. The number of benzene rings is 2. The van der Waals surface area contributed by atoms with Gasteiger partial charge in [0.05, 0.1) is 21.2 Å². The summed E-state index contributed by atoms with van der Waals surface area (Å²) in [6.07, 6.45) is 5.57. The van der Waals surface area contributed by atoms with Gasteiger partial charge in [-0.3, -0.25) is 9.78 Å². The number of rotatable bonds is 9. The predicted octanol–water partition coefficient (Wildman–Crippen LogP) is 5.60. The van der Waals surface area contributed by atoms with Crippen LogP contribution in [0.25, 0.3) is 10.1 Å². The molecule has 3 N–H and O–H groups in total. The van der Waals surface area contributed by atoms with Crippen molar-refractivity contribution in [2.75, 3.05) is 11.9 Å². The Morgan fingerprint density at radius 1 is 1.09 bits per heavy atom. The summed E-state index contributed by atoms with van der Waals surface area (Å²) in [5.74, 6) is -0.986. The second kappa shape index (κ2) is 11.3. The molecule has 35 heavy (non-hydrogen) atoms. The lowest BCUT2D eigenvalue weighted by atomic mass is 9.97. The van der Waals surface area contributed by atoms with Crippen LogP contribution in [0, 0.1) is 6.92 Å². The van der Waals surface area contributed by atoms with Crippen molar-refractivity contribution in [3.8, 4) is 0 Å². The lowest BCUT2D eigenvalue weighted by Crippen LogP contribution is -2.27. The number of hydrogen-bond donors (Lipinski definition) is 2. The minimum Gasteiger partial charge on any atom is -0.457 e. The van der Waals surface area contributed by atoms with E-state index in [0.717, 1.165) is 44.6 Å². The van der Waals surface area contributed by atoms with Gasteiger partial charge >= 0.3 is 5.97 Å². The first-order valence-corrected chi connectivity index (χ1v) is 12.5. The number of esters is 1. The van der Waals surface area contributed by atoms with E-state index in [2.05, 4.69) is 17.2 Å². The predicted molar refractivity (Wildman–Crippen MR) is 141 cm³/mol. The molecule has 2 aromatic carbocycles. The Bertz CT molecular complexity index is 1300. The average molecular weight is 488 g/mol. The Morgan fingerprint density at radius 3 is 2.54 bits per heavy atom. The first-order valence-electron chi connectivity index (χ1n) is 11.7. The number of carbonyl (C=O) groups excluding carboxylic acids is 2. The van der Waals surface area contributed by atoms with Crippen molar-refractivity contribution in [3.05, 3.63) is 94.8 Å². The summed E-state index contributed by atoms with van der Waals surface area (Å²) in [6.45, 7) is 4.40. The van der Waals surface area contributed by atoms with Crippen LogP contribution in [0.5, 0.6) is 0 Å². The molecule has 4 rings (SSSR count). The van der Waals surface area contributed by atoms with Gasteiger partial charge in [-0.25, -0.2) is 4.79 Å². The molecule has 1 atom stereocenters. The SMILES string of the molecule is CCCc1ccc(C(=O)OCc2ccc([C@@H](CN)C(=O)Nc3cc4ccncc4s3)cc2)c(C)c1. The molecule has 0 unspecified atom stereocenters. The maximum Gasteiger partial charge on any atom is 0.338 e. The molecule has 0 saturated carbocycles. The summed E-state index contributed by atoms with van der Waals surface area (Å²) in [5.41, 5.74) is 10.3. The molecule has 2 heterocycles. The third-order valence-electron chi connectivity index (χ3n) is 5.92. The number of hydrogen-bond acceptors (Lipinski definition) is 6. The molecule has 2 aromatic heterocycles. The van der Waals surface area contributed by atoms with Crippen LogP contribution in [0.1, 0.15) is 51.9 Å². The molecule has 0 aliphatic rings. The smallest absolute Gasteiger partial charge is 0.338 e. The topological polar surface area (TPSA) is 94.3 Å². The zero-order chi connectivity index (χ0) is 24.8. The van der Waals surface area contributed by atoms with E-state index < -0.39 is 5.92 Å². The summed E-state index contributed by atoms with van der Waals surface area (Å²) in [5, 5.41) is 4.77. The zero-order valence-electron chi connectivity index (χ0n) is 19.9. The average Bonchev–Trinajstić information content (AvgIpc) is 3.26. The van der Waals surface area contributed by atoms with Gasteiger partial charge in [-0.15, -0.1) is 11.3 Å². The molecule has 0 aliphatic carbocycles. The number of nitrogens with one attached hydrogen (secondary N) is 1. The number of carbonyl (C=O) groups is 2. The van der Waals surface area contributed by atoms with E-state index in [4.69, 9.17) is 10.5 Å². The van der Waals surface area contributed by atoms with Crippen molar-refractivity contribution < 1.29 is 14.3 Å². The largest absolute Gasteiger partial charge is 0.457 e. The number of amides is 1. The summed E-state index contributed by atoms with van der Waals surface area (Å²) >= 11 is 1.48. The summed E-state index contributed by atoms with van der Waals surface area (Å²) in [4.78, 5) is 29.6. The molecule has 0 bridgehead atoms. The standard InChI is InChI=1S/C28H29N3O3S/c1-3-4-19-7-10-23(18(2)13-19)28(33)34-17-20-5-8-21(9-6-20)24(15-29)27(32)31-26-14-22-11-12-30-16-25(22)35-26/h5-14,16,24H,3-4,15,17,29H2,1-2H3,(H,31,32)/t24-/m1/s1. The zero-order valence-corrected chi connectivity index (χ0v) is 20.7. The van der Waals surface area contributed by atoms with E-state index in [-0.39, 0.29) is 25.0 Å². The van der Waals surface area contributed by atoms with Gasteiger partial charge < -0.3 is 15.8 Å². The lowest BCUT2D eigenvalue weighted by Gasteiger charge is -2.15. The fraction of sp³-hybridized carbons (Fsp3) is 0.250. The first-order chi connectivity index (χ1) is 17.0. The number of aromatic nitrogens is 1. The summed E-state index contributed by atoms with van der Waals surface area (Å²) in [6, 6.07) is 17.2. The molecule has 1 amide bonds. The van der Waals surface area contributed by atoms with Crippen LogP contribution in [0.3, 0.4) is 0 Å². The number of pyridine rings is 1. The third kappa shape index (κ3) is 5.93. The van der Waals surface area contributed by atoms with Crippen molar-refractivity contribution in [2.45, 2.75) is 39.2 Å². The van der Waals surface area contributed by atoms with E-state index in [0.29, 0.717) is 5.56 Å². The van der Waals surface area contributed by atoms with Crippen LogP contribution in [0.15, 0.2) is 67.0 Å².